The van der Waals surface area contributed by atoms with Gasteiger partial charge < -0.3 is 5.32 Å². The fourth-order valence-electron chi connectivity index (χ4n) is 2.89. The van der Waals surface area contributed by atoms with E-state index in [1.165, 1.54) is 22.8 Å². The van der Waals surface area contributed by atoms with E-state index in [-0.39, 0.29) is 5.91 Å². The molecule has 0 bridgehead atoms. The molecule has 4 rings (SSSR count). The van der Waals surface area contributed by atoms with Gasteiger partial charge in [0.2, 0.25) is 0 Å². The summed E-state index contributed by atoms with van der Waals surface area (Å²) in [6, 6.07) is 3.73. The molecule has 0 saturated carbocycles. The number of rotatable bonds is 2. The van der Waals surface area contributed by atoms with Crippen LogP contribution in [-0.4, -0.2) is 24.9 Å². The van der Waals surface area contributed by atoms with Crippen LogP contribution in [0, 0.1) is 0 Å². The molecule has 1 aliphatic rings. The summed E-state index contributed by atoms with van der Waals surface area (Å²) in [6.07, 6.45) is 3.78. The van der Waals surface area contributed by atoms with Crippen molar-refractivity contribution in [1.29, 1.82) is 0 Å². The lowest BCUT2D eigenvalue weighted by Crippen LogP contribution is -2.15. The molecule has 0 saturated heterocycles. The molecule has 3 heterocycles. The third kappa shape index (κ3) is 1.92. The summed E-state index contributed by atoms with van der Waals surface area (Å²) in [5, 5.41) is 12.7. The Balaban J connectivity index is 1.83. The predicted octanol–water partition coefficient (Wildman–Crippen LogP) is 2.49. The van der Waals surface area contributed by atoms with Crippen LogP contribution in [0.3, 0.4) is 0 Å². The number of nitrogens with one attached hydrogen (secondary N) is 1. The SMILES string of the molecule is C[C@H]1CCc2c1cc(C(=O)Nc1ccsn1)c1nncn21. The molecule has 0 aliphatic heterocycles. The summed E-state index contributed by atoms with van der Waals surface area (Å²) in [5.41, 5.74) is 3.59. The van der Waals surface area contributed by atoms with E-state index >= 15 is 0 Å². The quantitative estimate of drug-likeness (QED) is 0.789. The Kier molecular flexibility index (Phi) is 2.75. The van der Waals surface area contributed by atoms with Crippen LogP contribution in [-0.2, 0) is 6.42 Å². The van der Waals surface area contributed by atoms with Crippen molar-refractivity contribution in [2.24, 2.45) is 0 Å². The third-order valence-electron chi connectivity index (χ3n) is 3.98. The molecule has 0 aromatic carbocycles. The van der Waals surface area contributed by atoms with Crippen LogP contribution in [0.25, 0.3) is 5.65 Å². The molecule has 6 nitrogen and oxygen atoms in total. The first kappa shape index (κ1) is 12.5. The molecule has 0 fully saturated rings. The second-order valence-corrected chi connectivity index (χ2v) is 5.93. The number of carbonyl (C=O) groups excluding carboxylic acids is 1. The number of nitrogens with zero attached hydrogens (tertiary/aromatic N) is 4. The summed E-state index contributed by atoms with van der Waals surface area (Å²) in [5.74, 6) is 0.828. The minimum absolute atomic E-state index is 0.194. The molecule has 3 aromatic rings. The maximum Gasteiger partial charge on any atom is 0.260 e. The molecule has 0 unspecified atom stereocenters. The van der Waals surface area contributed by atoms with Crippen LogP contribution < -0.4 is 5.32 Å². The van der Waals surface area contributed by atoms with Gasteiger partial charge in [-0.25, -0.2) is 0 Å². The van der Waals surface area contributed by atoms with Crippen molar-refractivity contribution in [2.45, 2.75) is 25.7 Å². The molecule has 21 heavy (non-hydrogen) atoms. The van der Waals surface area contributed by atoms with Gasteiger partial charge in [-0.15, -0.1) is 10.2 Å². The Bertz CT molecular complexity index is 823. The van der Waals surface area contributed by atoms with Gasteiger partial charge >= 0.3 is 0 Å². The number of anilines is 1. The monoisotopic (exact) mass is 299 g/mol. The Hall–Kier alpha value is -2.28. The van der Waals surface area contributed by atoms with E-state index in [0.29, 0.717) is 22.9 Å². The number of aryl methyl sites for hydroxylation is 1. The molecule has 0 radical (unpaired) electrons. The number of hydrogen-bond donors (Lipinski definition) is 1. The molecule has 3 aromatic heterocycles. The van der Waals surface area contributed by atoms with E-state index in [9.17, 15) is 4.79 Å². The van der Waals surface area contributed by atoms with Crippen LogP contribution in [0.5, 0.6) is 0 Å². The van der Waals surface area contributed by atoms with Gasteiger partial charge in [-0.3, -0.25) is 9.20 Å². The van der Waals surface area contributed by atoms with E-state index < -0.39 is 0 Å². The molecule has 1 atom stereocenters. The zero-order chi connectivity index (χ0) is 14.4. The smallest absolute Gasteiger partial charge is 0.260 e. The summed E-state index contributed by atoms with van der Waals surface area (Å²) in [7, 11) is 0. The number of hydrogen-bond acceptors (Lipinski definition) is 5. The highest BCUT2D eigenvalue weighted by atomic mass is 32.1. The minimum atomic E-state index is -0.194. The van der Waals surface area contributed by atoms with Gasteiger partial charge in [0.25, 0.3) is 5.91 Å². The highest BCUT2D eigenvalue weighted by Crippen LogP contribution is 2.34. The Labute approximate surface area is 125 Å². The normalized spacial score (nSPS) is 17.1. The van der Waals surface area contributed by atoms with Gasteiger partial charge in [-0.2, -0.15) is 4.37 Å². The molecule has 1 N–H and O–H groups in total. The molecule has 0 spiro atoms. The van der Waals surface area contributed by atoms with Crippen LogP contribution in [0.15, 0.2) is 23.8 Å². The number of fused-ring (bicyclic) bond motifs is 3. The van der Waals surface area contributed by atoms with Crippen molar-refractivity contribution >= 4 is 28.9 Å². The van der Waals surface area contributed by atoms with Gasteiger partial charge in [-0.05, 0) is 48.0 Å². The minimum Gasteiger partial charge on any atom is -0.306 e. The van der Waals surface area contributed by atoms with Gasteiger partial charge in [0.05, 0.1) is 5.56 Å². The van der Waals surface area contributed by atoms with Crippen molar-refractivity contribution in [3.05, 3.63) is 40.7 Å². The molecular formula is C14H13N5OS. The maximum atomic E-state index is 12.5. The zero-order valence-corrected chi connectivity index (χ0v) is 12.2. The standard InChI is InChI=1S/C14H13N5OS/c1-8-2-3-11-9(8)6-10(13-17-15-7-19(11)13)14(20)16-12-4-5-21-18-12/h4-8H,2-3H2,1H3,(H,16,18,20)/t8-/m0/s1. The van der Waals surface area contributed by atoms with E-state index in [0.717, 1.165) is 12.8 Å². The van der Waals surface area contributed by atoms with Crippen molar-refractivity contribution < 1.29 is 4.79 Å². The van der Waals surface area contributed by atoms with Crippen molar-refractivity contribution in [2.75, 3.05) is 5.32 Å². The second kappa shape index (κ2) is 4.63. The maximum absolute atomic E-state index is 12.5. The van der Waals surface area contributed by atoms with Gasteiger partial charge in [0.1, 0.15) is 12.1 Å². The van der Waals surface area contributed by atoms with E-state index in [1.807, 2.05) is 15.8 Å². The zero-order valence-electron chi connectivity index (χ0n) is 11.4. The number of pyridine rings is 1. The van der Waals surface area contributed by atoms with Gasteiger partial charge in [0.15, 0.2) is 5.65 Å². The summed E-state index contributed by atoms with van der Waals surface area (Å²) >= 11 is 1.30. The van der Waals surface area contributed by atoms with Crippen molar-refractivity contribution in [3.8, 4) is 0 Å². The van der Waals surface area contributed by atoms with Gasteiger partial charge in [-0.1, -0.05) is 6.92 Å². The lowest BCUT2D eigenvalue weighted by atomic mass is 10.0. The number of carbonyl (C=O) groups is 1. The fraction of sp³-hybridized carbons (Fsp3) is 0.286. The first-order valence-electron chi connectivity index (χ1n) is 6.81. The molecule has 7 heteroatoms. The van der Waals surface area contributed by atoms with Gasteiger partial charge in [0, 0.05) is 11.1 Å². The number of aromatic nitrogens is 4. The van der Waals surface area contributed by atoms with E-state index in [2.05, 4.69) is 26.8 Å². The topological polar surface area (TPSA) is 72.2 Å². The second-order valence-electron chi connectivity index (χ2n) is 5.26. The fourth-order valence-corrected chi connectivity index (χ4v) is 3.36. The Morgan fingerprint density at radius 2 is 2.43 bits per heavy atom. The van der Waals surface area contributed by atoms with E-state index in [4.69, 9.17) is 0 Å². The highest BCUT2D eigenvalue weighted by molar-refractivity contribution is 7.03. The summed E-state index contributed by atoms with van der Waals surface area (Å²) < 4.78 is 6.04. The molecule has 1 aliphatic carbocycles. The summed E-state index contributed by atoms with van der Waals surface area (Å²) in [6.45, 7) is 2.18. The first-order valence-corrected chi connectivity index (χ1v) is 7.65. The van der Waals surface area contributed by atoms with Crippen LogP contribution in [0.1, 0.15) is 40.9 Å². The molecule has 1 amide bonds. The van der Waals surface area contributed by atoms with E-state index in [1.54, 1.807) is 12.4 Å². The van der Waals surface area contributed by atoms with Crippen LogP contribution >= 0.6 is 11.5 Å². The average Bonchev–Trinajstić information content (AvgIpc) is 3.18. The lowest BCUT2D eigenvalue weighted by Gasteiger charge is -2.10. The predicted molar refractivity (Wildman–Crippen MR) is 79.8 cm³/mol. The Morgan fingerprint density at radius 1 is 1.52 bits per heavy atom. The van der Waals surface area contributed by atoms with Crippen LogP contribution in [0.4, 0.5) is 5.82 Å². The largest absolute Gasteiger partial charge is 0.306 e. The van der Waals surface area contributed by atoms with Crippen molar-refractivity contribution in [1.82, 2.24) is 19.0 Å². The highest BCUT2D eigenvalue weighted by Gasteiger charge is 2.25. The Morgan fingerprint density at radius 3 is 3.24 bits per heavy atom. The van der Waals surface area contributed by atoms with Crippen LogP contribution in [0.2, 0.25) is 0 Å². The summed E-state index contributed by atoms with van der Waals surface area (Å²) in [4.78, 5) is 12.5. The lowest BCUT2D eigenvalue weighted by molar-refractivity contribution is 0.102. The molecule has 106 valence electrons. The third-order valence-corrected chi connectivity index (χ3v) is 4.54. The van der Waals surface area contributed by atoms with Crippen molar-refractivity contribution in [3.63, 3.8) is 0 Å². The average molecular weight is 299 g/mol. The first-order chi connectivity index (χ1) is 10.2. The number of amides is 1. The molecular weight excluding hydrogens is 286 g/mol.